The monoisotopic (exact) mass is 244 g/mol. The van der Waals surface area contributed by atoms with Gasteiger partial charge < -0.3 is 4.52 Å². The third-order valence-electron chi connectivity index (χ3n) is 2.75. The summed E-state index contributed by atoms with van der Waals surface area (Å²) in [5.74, 6) is 0.294. The molecule has 0 bridgehead atoms. The molecule has 1 aromatic heterocycles. The number of carbonyl (C=O) groups is 1. The van der Waals surface area contributed by atoms with Crippen LogP contribution in [0.15, 0.2) is 28.8 Å². The van der Waals surface area contributed by atoms with Crippen molar-refractivity contribution in [3.63, 3.8) is 0 Å². The zero-order valence-electron chi connectivity index (χ0n) is 10.8. The molecule has 1 heterocycles. The van der Waals surface area contributed by atoms with E-state index in [2.05, 4.69) is 10.5 Å². The van der Waals surface area contributed by atoms with Crippen LogP contribution >= 0.6 is 0 Å². The fourth-order valence-electron chi connectivity index (χ4n) is 1.77. The SMILES string of the molecule is Cc1ccc(C)c(CC(=O)Nc2cc(C)no2)c1. The first-order chi connectivity index (χ1) is 8.54. The second kappa shape index (κ2) is 5.04. The molecule has 0 radical (unpaired) electrons. The van der Waals surface area contributed by atoms with E-state index in [4.69, 9.17) is 4.52 Å². The van der Waals surface area contributed by atoms with Gasteiger partial charge in [0.05, 0.1) is 12.1 Å². The molecule has 18 heavy (non-hydrogen) atoms. The van der Waals surface area contributed by atoms with Crippen molar-refractivity contribution in [2.24, 2.45) is 0 Å². The van der Waals surface area contributed by atoms with Crippen LogP contribution in [0.25, 0.3) is 0 Å². The van der Waals surface area contributed by atoms with Crippen molar-refractivity contribution in [3.05, 3.63) is 46.6 Å². The summed E-state index contributed by atoms with van der Waals surface area (Å²) in [5, 5.41) is 6.41. The van der Waals surface area contributed by atoms with Crippen LogP contribution in [0.5, 0.6) is 0 Å². The summed E-state index contributed by atoms with van der Waals surface area (Å²) in [6.45, 7) is 5.82. The number of hydrogen-bond donors (Lipinski definition) is 1. The Balaban J connectivity index is 2.05. The van der Waals surface area contributed by atoms with Crippen LogP contribution in [0.2, 0.25) is 0 Å². The lowest BCUT2D eigenvalue weighted by atomic mass is 10.0. The summed E-state index contributed by atoms with van der Waals surface area (Å²) in [4.78, 5) is 11.9. The van der Waals surface area contributed by atoms with Crippen molar-refractivity contribution in [1.29, 1.82) is 0 Å². The molecule has 1 amide bonds. The topological polar surface area (TPSA) is 55.1 Å². The second-order valence-electron chi connectivity index (χ2n) is 4.49. The van der Waals surface area contributed by atoms with Gasteiger partial charge in [0.2, 0.25) is 11.8 Å². The first kappa shape index (κ1) is 12.4. The minimum atomic E-state index is -0.0974. The maximum atomic E-state index is 11.9. The van der Waals surface area contributed by atoms with E-state index < -0.39 is 0 Å². The Morgan fingerprint density at radius 2 is 2.06 bits per heavy atom. The third kappa shape index (κ3) is 2.97. The van der Waals surface area contributed by atoms with Crippen molar-refractivity contribution in [2.75, 3.05) is 5.32 Å². The quantitative estimate of drug-likeness (QED) is 0.903. The van der Waals surface area contributed by atoms with E-state index in [1.54, 1.807) is 6.07 Å². The molecule has 94 valence electrons. The minimum Gasteiger partial charge on any atom is -0.338 e. The fourth-order valence-corrected chi connectivity index (χ4v) is 1.77. The summed E-state index contributed by atoms with van der Waals surface area (Å²) >= 11 is 0. The number of rotatable bonds is 3. The Morgan fingerprint density at radius 3 is 2.72 bits per heavy atom. The number of amides is 1. The number of benzene rings is 1. The second-order valence-corrected chi connectivity index (χ2v) is 4.49. The highest BCUT2D eigenvalue weighted by atomic mass is 16.5. The largest absolute Gasteiger partial charge is 0.338 e. The van der Waals surface area contributed by atoms with Gasteiger partial charge in [0.1, 0.15) is 0 Å². The summed E-state index contributed by atoms with van der Waals surface area (Å²) in [6, 6.07) is 7.79. The molecule has 0 fully saturated rings. The van der Waals surface area contributed by atoms with Crippen LogP contribution in [0.3, 0.4) is 0 Å². The van der Waals surface area contributed by atoms with Gasteiger partial charge in [-0.05, 0) is 31.9 Å². The van der Waals surface area contributed by atoms with E-state index in [1.165, 1.54) is 0 Å². The summed E-state index contributed by atoms with van der Waals surface area (Å²) in [5.41, 5.74) is 4.05. The van der Waals surface area contributed by atoms with Crippen LogP contribution in [0, 0.1) is 20.8 Å². The van der Waals surface area contributed by atoms with Crippen molar-refractivity contribution in [3.8, 4) is 0 Å². The number of carbonyl (C=O) groups excluding carboxylic acids is 1. The lowest BCUT2D eigenvalue weighted by Gasteiger charge is -2.06. The predicted molar refractivity (Wildman–Crippen MR) is 69.5 cm³/mol. The summed E-state index contributed by atoms with van der Waals surface area (Å²) < 4.78 is 4.94. The normalized spacial score (nSPS) is 10.4. The lowest BCUT2D eigenvalue weighted by molar-refractivity contribution is -0.115. The summed E-state index contributed by atoms with van der Waals surface area (Å²) in [7, 11) is 0. The Bertz CT molecular complexity index is 573. The maximum Gasteiger partial charge on any atom is 0.231 e. The molecule has 0 aliphatic carbocycles. The highest BCUT2D eigenvalue weighted by Gasteiger charge is 2.09. The molecule has 2 rings (SSSR count). The Labute approximate surface area is 106 Å². The van der Waals surface area contributed by atoms with Crippen LogP contribution in [0.4, 0.5) is 5.88 Å². The number of nitrogens with one attached hydrogen (secondary N) is 1. The van der Waals surface area contributed by atoms with Crippen molar-refractivity contribution in [1.82, 2.24) is 5.16 Å². The van der Waals surface area contributed by atoms with E-state index in [0.29, 0.717) is 12.3 Å². The molecule has 0 saturated heterocycles. The molecule has 0 unspecified atom stereocenters. The number of aromatic nitrogens is 1. The number of nitrogens with zero attached hydrogens (tertiary/aromatic N) is 1. The molecular weight excluding hydrogens is 228 g/mol. The smallest absolute Gasteiger partial charge is 0.231 e. The number of hydrogen-bond acceptors (Lipinski definition) is 3. The van der Waals surface area contributed by atoms with E-state index in [-0.39, 0.29) is 5.91 Å². The van der Waals surface area contributed by atoms with Gasteiger partial charge in [0.25, 0.3) is 0 Å². The van der Waals surface area contributed by atoms with Gasteiger partial charge in [-0.15, -0.1) is 0 Å². The summed E-state index contributed by atoms with van der Waals surface area (Å²) in [6.07, 6.45) is 0.341. The van der Waals surface area contributed by atoms with Crippen LogP contribution < -0.4 is 5.32 Å². The molecule has 4 heteroatoms. The van der Waals surface area contributed by atoms with Crippen LogP contribution in [0.1, 0.15) is 22.4 Å². The van der Waals surface area contributed by atoms with Crippen molar-refractivity contribution < 1.29 is 9.32 Å². The van der Waals surface area contributed by atoms with Gasteiger partial charge in [-0.25, -0.2) is 0 Å². The molecule has 4 nitrogen and oxygen atoms in total. The molecule has 0 atom stereocenters. The van der Waals surface area contributed by atoms with Crippen LogP contribution in [-0.2, 0) is 11.2 Å². The zero-order chi connectivity index (χ0) is 13.1. The highest BCUT2D eigenvalue weighted by Crippen LogP contribution is 2.13. The van der Waals surface area contributed by atoms with E-state index >= 15 is 0 Å². The number of anilines is 1. The van der Waals surface area contributed by atoms with Crippen LogP contribution in [-0.4, -0.2) is 11.1 Å². The molecule has 1 aromatic carbocycles. The third-order valence-corrected chi connectivity index (χ3v) is 2.75. The fraction of sp³-hybridized carbons (Fsp3) is 0.286. The van der Waals surface area contributed by atoms with E-state index in [1.807, 2.05) is 39.0 Å². The highest BCUT2D eigenvalue weighted by molar-refractivity contribution is 5.91. The van der Waals surface area contributed by atoms with E-state index in [9.17, 15) is 4.79 Å². The van der Waals surface area contributed by atoms with Gasteiger partial charge in [-0.1, -0.05) is 28.9 Å². The molecule has 0 spiro atoms. The van der Waals surface area contributed by atoms with Gasteiger partial charge in [0.15, 0.2) is 0 Å². The lowest BCUT2D eigenvalue weighted by Crippen LogP contribution is -2.14. The standard InChI is InChI=1S/C14H16N2O2/c1-9-4-5-10(2)12(6-9)8-13(17)15-14-7-11(3)16-18-14/h4-7H,8H2,1-3H3,(H,15,17). The van der Waals surface area contributed by atoms with E-state index in [0.717, 1.165) is 22.4 Å². The average Bonchev–Trinajstić information content (AvgIpc) is 2.69. The average molecular weight is 244 g/mol. The predicted octanol–water partition coefficient (Wildman–Crippen LogP) is 2.78. The van der Waals surface area contributed by atoms with Crippen molar-refractivity contribution in [2.45, 2.75) is 27.2 Å². The minimum absolute atomic E-state index is 0.0974. The van der Waals surface area contributed by atoms with Gasteiger partial charge in [-0.3, -0.25) is 10.1 Å². The molecule has 2 aromatic rings. The Hall–Kier alpha value is -2.10. The molecule has 1 N–H and O–H groups in total. The molecule has 0 aliphatic rings. The van der Waals surface area contributed by atoms with Gasteiger partial charge in [0, 0.05) is 6.07 Å². The van der Waals surface area contributed by atoms with Gasteiger partial charge in [-0.2, -0.15) is 0 Å². The Kier molecular flexibility index (Phi) is 3.46. The number of aryl methyl sites for hydroxylation is 3. The first-order valence-electron chi connectivity index (χ1n) is 5.84. The first-order valence-corrected chi connectivity index (χ1v) is 5.84. The molecule has 0 aliphatic heterocycles. The zero-order valence-corrected chi connectivity index (χ0v) is 10.8. The van der Waals surface area contributed by atoms with Crippen molar-refractivity contribution >= 4 is 11.8 Å². The van der Waals surface area contributed by atoms with Gasteiger partial charge >= 0.3 is 0 Å². The Morgan fingerprint density at radius 1 is 1.28 bits per heavy atom. The molecule has 0 saturated carbocycles. The molecular formula is C14H16N2O2. The maximum absolute atomic E-state index is 11.9.